The molecule has 2 aromatic rings. The van der Waals surface area contributed by atoms with Gasteiger partial charge >= 0.3 is 0 Å². The maximum Gasteiger partial charge on any atom is 0.131 e. The summed E-state index contributed by atoms with van der Waals surface area (Å²) in [5, 5.41) is 0.715. The molecular weight excluding hydrogens is 272 g/mol. The minimum Gasteiger partial charge on any atom is -0.488 e. The average Bonchev–Trinajstić information content (AvgIpc) is 2.89. The summed E-state index contributed by atoms with van der Waals surface area (Å²) in [4.78, 5) is 0. The Kier molecular flexibility index (Phi) is 3.66. The fraction of sp³-hybridized carbons (Fsp3) is 0.250. The molecule has 0 radical (unpaired) electrons. The monoisotopic (exact) mass is 288 g/mol. The van der Waals surface area contributed by atoms with Crippen LogP contribution in [0, 0.1) is 0 Å². The summed E-state index contributed by atoms with van der Waals surface area (Å²) >= 11 is 6.25. The molecular formula is C16H17ClN2O. The number of ether oxygens (including phenoxy) is 1. The van der Waals surface area contributed by atoms with E-state index in [-0.39, 0.29) is 6.10 Å². The van der Waals surface area contributed by atoms with E-state index in [4.69, 9.17) is 27.8 Å². The van der Waals surface area contributed by atoms with Gasteiger partial charge in [0.05, 0.1) is 0 Å². The molecule has 1 unspecified atom stereocenters. The Bertz CT molecular complexity index is 642. The van der Waals surface area contributed by atoms with E-state index in [2.05, 4.69) is 0 Å². The van der Waals surface area contributed by atoms with Crippen molar-refractivity contribution in [1.29, 1.82) is 0 Å². The molecule has 3 nitrogen and oxygen atoms in total. The fourth-order valence-electron chi connectivity index (χ4n) is 2.69. The van der Waals surface area contributed by atoms with Gasteiger partial charge in [-0.05, 0) is 28.8 Å². The number of nitrogens with two attached hydrogens (primary N) is 2. The lowest BCUT2D eigenvalue weighted by atomic mass is 9.96. The van der Waals surface area contributed by atoms with Gasteiger partial charge in [-0.2, -0.15) is 0 Å². The first-order chi connectivity index (χ1) is 9.72. The highest BCUT2D eigenvalue weighted by molar-refractivity contribution is 6.31. The first-order valence-corrected chi connectivity index (χ1v) is 7.08. The van der Waals surface area contributed by atoms with Gasteiger partial charge in [0.1, 0.15) is 11.9 Å². The Morgan fingerprint density at radius 3 is 2.70 bits per heavy atom. The van der Waals surface area contributed by atoms with Crippen LogP contribution in [0.4, 0.5) is 0 Å². The highest BCUT2D eigenvalue weighted by Gasteiger charge is 2.26. The van der Waals surface area contributed by atoms with Crippen molar-refractivity contribution in [3.8, 4) is 16.9 Å². The van der Waals surface area contributed by atoms with E-state index in [1.54, 1.807) is 0 Å². The predicted octanol–water partition coefficient (Wildman–Crippen LogP) is 2.73. The second-order valence-electron chi connectivity index (χ2n) is 4.98. The predicted molar refractivity (Wildman–Crippen MR) is 82.0 cm³/mol. The minimum absolute atomic E-state index is 0.0345. The Balaban J connectivity index is 2.16. The normalized spacial score (nSPS) is 16.9. The van der Waals surface area contributed by atoms with Crippen molar-refractivity contribution in [3.63, 3.8) is 0 Å². The van der Waals surface area contributed by atoms with Gasteiger partial charge in [0, 0.05) is 30.1 Å². The van der Waals surface area contributed by atoms with Crippen LogP contribution in [-0.2, 0) is 13.0 Å². The van der Waals surface area contributed by atoms with E-state index in [1.807, 2.05) is 36.4 Å². The van der Waals surface area contributed by atoms with Crippen LogP contribution in [0.2, 0.25) is 5.02 Å². The number of hydrogen-bond acceptors (Lipinski definition) is 3. The summed E-state index contributed by atoms with van der Waals surface area (Å²) < 4.78 is 5.97. The minimum atomic E-state index is 0.0345. The Hall–Kier alpha value is -1.55. The zero-order valence-corrected chi connectivity index (χ0v) is 11.9. The van der Waals surface area contributed by atoms with Crippen molar-refractivity contribution in [3.05, 3.63) is 52.5 Å². The summed E-state index contributed by atoms with van der Waals surface area (Å²) in [6.45, 7) is 0.988. The third kappa shape index (κ3) is 2.29. The third-order valence-electron chi connectivity index (χ3n) is 3.65. The molecule has 4 N–H and O–H groups in total. The lowest BCUT2D eigenvalue weighted by Gasteiger charge is -2.14. The van der Waals surface area contributed by atoms with E-state index in [1.165, 1.54) is 0 Å². The van der Waals surface area contributed by atoms with Crippen molar-refractivity contribution in [2.75, 3.05) is 6.54 Å². The smallest absolute Gasteiger partial charge is 0.131 e. The lowest BCUT2D eigenvalue weighted by molar-refractivity contribution is 0.242. The van der Waals surface area contributed by atoms with Crippen molar-refractivity contribution < 1.29 is 4.74 Å². The first-order valence-electron chi connectivity index (χ1n) is 6.70. The third-order valence-corrected chi connectivity index (χ3v) is 3.87. The maximum absolute atomic E-state index is 6.25. The molecule has 0 saturated carbocycles. The summed E-state index contributed by atoms with van der Waals surface area (Å²) in [6, 6.07) is 12.0. The van der Waals surface area contributed by atoms with Crippen LogP contribution in [0.25, 0.3) is 11.1 Å². The van der Waals surface area contributed by atoms with Crippen LogP contribution in [0.1, 0.15) is 11.1 Å². The highest BCUT2D eigenvalue weighted by atomic mass is 35.5. The van der Waals surface area contributed by atoms with Crippen LogP contribution in [0.5, 0.6) is 5.75 Å². The second-order valence-corrected chi connectivity index (χ2v) is 5.42. The van der Waals surface area contributed by atoms with Gasteiger partial charge in [0.15, 0.2) is 0 Å². The molecule has 1 heterocycles. The van der Waals surface area contributed by atoms with Gasteiger partial charge in [-0.3, -0.25) is 0 Å². The van der Waals surface area contributed by atoms with Gasteiger partial charge in [0.2, 0.25) is 0 Å². The van der Waals surface area contributed by atoms with E-state index >= 15 is 0 Å². The lowest BCUT2D eigenvalue weighted by Crippen LogP contribution is -2.24. The highest BCUT2D eigenvalue weighted by Crippen LogP contribution is 2.41. The topological polar surface area (TPSA) is 61.3 Å². The molecule has 1 aliphatic heterocycles. The Morgan fingerprint density at radius 2 is 1.95 bits per heavy atom. The van der Waals surface area contributed by atoms with Crippen LogP contribution in [0.15, 0.2) is 36.4 Å². The molecule has 1 atom stereocenters. The van der Waals surface area contributed by atoms with Gasteiger partial charge in [-0.25, -0.2) is 0 Å². The zero-order valence-electron chi connectivity index (χ0n) is 11.1. The number of fused-ring (bicyclic) bond motifs is 1. The molecule has 0 aromatic heterocycles. The van der Waals surface area contributed by atoms with Crippen molar-refractivity contribution in [2.45, 2.75) is 19.1 Å². The van der Waals surface area contributed by atoms with Gasteiger partial charge in [-0.15, -0.1) is 0 Å². The number of halogens is 1. The summed E-state index contributed by atoms with van der Waals surface area (Å²) in [5.41, 5.74) is 15.8. The molecule has 0 fully saturated rings. The summed E-state index contributed by atoms with van der Waals surface area (Å²) in [6.07, 6.45) is 0.844. The first kappa shape index (κ1) is 13.4. The van der Waals surface area contributed by atoms with Crippen LogP contribution in [0.3, 0.4) is 0 Å². The molecule has 3 rings (SSSR count). The molecule has 0 aliphatic carbocycles. The quantitative estimate of drug-likeness (QED) is 0.913. The standard InChI is InChI=1S/C16H17ClN2O/c17-12-5-11-6-13(9-19)20-16(11)15(7-12)14-4-2-1-3-10(14)8-18/h1-5,7,13H,6,8-9,18-19H2. The van der Waals surface area contributed by atoms with Crippen molar-refractivity contribution >= 4 is 11.6 Å². The maximum atomic E-state index is 6.25. The largest absolute Gasteiger partial charge is 0.488 e. The Labute approximate surface area is 123 Å². The second kappa shape index (κ2) is 5.44. The number of hydrogen-bond donors (Lipinski definition) is 2. The molecule has 0 spiro atoms. The molecule has 0 saturated heterocycles. The van der Waals surface area contributed by atoms with E-state index < -0.39 is 0 Å². The van der Waals surface area contributed by atoms with E-state index in [0.29, 0.717) is 18.1 Å². The molecule has 104 valence electrons. The number of rotatable bonds is 3. The number of benzene rings is 2. The van der Waals surface area contributed by atoms with Gasteiger partial charge in [-0.1, -0.05) is 35.9 Å². The molecule has 0 bridgehead atoms. The van der Waals surface area contributed by atoms with Crippen LogP contribution >= 0.6 is 11.6 Å². The van der Waals surface area contributed by atoms with Crippen molar-refractivity contribution in [1.82, 2.24) is 0 Å². The summed E-state index contributed by atoms with van der Waals surface area (Å²) in [7, 11) is 0. The molecule has 20 heavy (non-hydrogen) atoms. The zero-order chi connectivity index (χ0) is 14.1. The fourth-order valence-corrected chi connectivity index (χ4v) is 2.93. The molecule has 0 amide bonds. The Morgan fingerprint density at radius 1 is 1.15 bits per heavy atom. The van der Waals surface area contributed by atoms with E-state index in [0.717, 1.165) is 34.4 Å². The molecule has 2 aromatic carbocycles. The van der Waals surface area contributed by atoms with E-state index in [9.17, 15) is 0 Å². The van der Waals surface area contributed by atoms with Gasteiger partial charge in [0.25, 0.3) is 0 Å². The van der Waals surface area contributed by atoms with Crippen LogP contribution in [-0.4, -0.2) is 12.6 Å². The van der Waals surface area contributed by atoms with Gasteiger partial charge < -0.3 is 16.2 Å². The SMILES string of the molecule is NCc1ccccc1-c1cc(Cl)cc2c1OC(CN)C2. The van der Waals surface area contributed by atoms with Crippen molar-refractivity contribution in [2.24, 2.45) is 11.5 Å². The average molecular weight is 289 g/mol. The molecule has 4 heteroatoms. The summed E-state index contributed by atoms with van der Waals surface area (Å²) in [5.74, 6) is 0.894. The molecule has 1 aliphatic rings. The van der Waals surface area contributed by atoms with Crippen LogP contribution < -0.4 is 16.2 Å².